The average Bonchev–Trinajstić information content (AvgIpc) is 2.17. The van der Waals surface area contributed by atoms with Crippen molar-refractivity contribution in [2.75, 3.05) is 20.1 Å². The lowest BCUT2D eigenvalue weighted by atomic mass is 10.2. The molecule has 0 spiro atoms. The Balaban J connectivity index is 3.05. The first-order chi connectivity index (χ1) is 6.12. The fourth-order valence-corrected chi connectivity index (χ4v) is 1.64. The number of quaternary nitrogens is 1. The van der Waals surface area contributed by atoms with E-state index >= 15 is 0 Å². The summed E-state index contributed by atoms with van der Waals surface area (Å²) in [6, 6.07) is 8.41. The van der Waals surface area contributed by atoms with Gasteiger partial charge in [-0.3, -0.25) is 4.48 Å². The Labute approximate surface area is 86.4 Å². The van der Waals surface area contributed by atoms with Crippen molar-refractivity contribution in [3.63, 3.8) is 0 Å². The lowest BCUT2D eigenvalue weighted by molar-refractivity contribution is 0.364. The summed E-state index contributed by atoms with van der Waals surface area (Å²) in [5, 5.41) is 0. The normalized spacial score (nSPS) is 11.7. The quantitative estimate of drug-likeness (QED) is 0.557. The zero-order valence-electron chi connectivity index (χ0n) is 8.62. The van der Waals surface area contributed by atoms with Crippen molar-refractivity contribution in [1.82, 2.24) is 4.48 Å². The first kappa shape index (κ1) is 10.6. The minimum Gasteiger partial charge on any atom is -0.294 e. The fraction of sp³-hybridized carbons (Fsp3) is 0.455. The number of benzene rings is 1. The van der Waals surface area contributed by atoms with E-state index in [1.807, 2.05) is 6.07 Å². The van der Waals surface area contributed by atoms with Gasteiger partial charge < -0.3 is 0 Å². The summed E-state index contributed by atoms with van der Waals surface area (Å²) in [6.45, 7) is 6.67. The number of hydrogen-bond donors (Lipinski definition) is 1. The van der Waals surface area contributed by atoms with E-state index in [2.05, 4.69) is 51.7 Å². The summed E-state index contributed by atoms with van der Waals surface area (Å²) in [5.41, 5.74) is 1.34. The summed E-state index contributed by atoms with van der Waals surface area (Å²) < 4.78 is 0.981. The third-order valence-corrected chi connectivity index (χ3v) is 3.13. The predicted octanol–water partition coefficient (Wildman–Crippen LogP) is 2.95. The SMILES string of the molecule is CC[N+](C)(CC)c1cccc(S)c1. The smallest absolute Gasteiger partial charge is 0.133 e. The summed E-state index contributed by atoms with van der Waals surface area (Å²) in [6.07, 6.45) is 0. The third-order valence-electron chi connectivity index (χ3n) is 2.85. The van der Waals surface area contributed by atoms with Crippen LogP contribution in [0.1, 0.15) is 13.8 Å². The van der Waals surface area contributed by atoms with Crippen LogP contribution in [-0.2, 0) is 0 Å². The highest BCUT2D eigenvalue weighted by Crippen LogP contribution is 2.23. The second-order valence-corrected chi connectivity index (χ2v) is 4.06. The van der Waals surface area contributed by atoms with E-state index in [-0.39, 0.29) is 0 Å². The van der Waals surface area contributed by atoms with Crippen LogP contribution >= 0.6 is 12.6 Å². The molecule has 0 saturated heterocycles. The highest BCUT2D eigenvalue weighted by Gasteiger charge is 2.19. The zero-order valence-corrected chi connectivity index (χ0v) is 9.51. The van der Waals surface area contributed by atoms with Crippen LogP contribution in [0.3, 0.4) is 0 Å². The maximum atomic E-state index is 4.35. The van der Waals surface area contributed by atoms with Crippen LogP contribution in [0.25, 0.3) is 0 Å². The van der Waals surface area contributed by atoms with Crippen LogP contribution < -0.4 is 4.48 Å². The van der Waals surface area contributed by atoms with E-state index in [1.54, 1.807) is 0 Å². The molecule has 0 atom stereocenters. The van der Waals surface area contributed by atoms with Crippen molar-refractivity contribution in [2.24, 2.45) is 0 Å². The molecule has 0 aliphatic carbocycles. The monoisotopic (exact) mass is 196 g/mol. The zero-order chi connectivity index (χ0) is 9.90. The van der Waals surface area contributed by atoms with Crippen molar-refractivity contribution in [3.05, 3.63) is 24.3 Å². The van der Waals surface area contributed by atoms with Gasteiger partial charge in [-0.25, -0.2) is 0 Å². The molecule has 0 fully saturated rings. The summed E-state index contributed by atoms with van der Waals surface area (Å²) in [4.78, 5) is 1.05. The minimum absolute atomic E-state index is 0.981. The molecule has 0 bridgehead atoms. The summed E-state index contributed by atoms with van der Waals surface area (Å²) >= 11 is 4.35. The van der Waals surface area contributed by atoms with Gasteiger partial charge in [0.1, 0.15) is 5.69 Å². The van der Waals surface area contributed by atoms with Gasteiger partial charge in [0.05, 0.1) is 20.1 Å². The molecule has 0 aliphatic rings. The number of rotatable bonds is 3. The molecule has 0 aliphatic heterocycles. The van der Waals surface area contributed by atoms with E-state index in [0.29, 0.717) is 0 Å². The van der Waals surface area contributed by atoms with Gasteiger partial charge in [-0.05, 0) is 26.0 Å². The second-order valence-electron chi connectivity index (χ2n) is 3.55. The van der Waals surface area contributed by atoms with Crippen molar-refractivity contribution in [1.29, 1.82) is 0 Å². The van der Waals surface area contributed by atoms with Crippen molar-refractivity contribution < 1.29 is 0 Å². The Kier molecular flexibility index (Phi) is 3.40. The van der Waals surface area contributed by atoms with Gasteiger partial charge in [-0.2, -0.15) is 0 Å². The largest absolute Gasteiger partial charge is 0.294 e. The summed E-state index contributed by atoms with van der Waals surface area (Å²) in [5.74, 6) is 0. The lowest BCUT2D eigenvalue weighted by Gasteiger charge is -2.31. The van der Waals surface area contributed by atoms with E-state index in [4.69, 9.17) is 0 Å². The van der Waals surface area contributed by atoms with Gasteiger partial charge in [0, 0.05) is 11.0 Å². The molecule has 0 unspecified atom stereocenters. The molecule has 1 rings (SSSR count). The van der Waals surface area contributed by atoms with Crippen LogP contribution in [-0.4, -0.2) is 20.1 Å². The van der Waals surface area contributed by atoms with E-state index in [0.717, 1.165) is 22.5 Å². The van der Waals surface area contributed by atoms with Crippen LogP contribution in [0.5, 0.6) is 0 Å². The van der Waals surface area contributed by atoms with E-state index < -0.39 is 0 Å². The predicted molar refractivity (Wildman–Crippen MR) is 62.5 cm³/mol. The van der Waals surface area contributed by atoms with Crippen LogP contribution in [0, 0.1) is 0 Å². The highest BCUT2D eigenvalue weighted by atomic mass is 32.1. The van der Waals surface area contributed by atoms with Crippen LogP contribution in [0.15, 0.2) is 29.2 Å². The lowest BCUT2D eigenvalue weighted by Crippen LogP contribution is -2.44. The molecular formula is C11H18NS+. The van der Waals surface area contributed by atoms with Crippen molar-refractivity contribution >= 4 is 18.3 Å². The molecule has 0 radical (unpaired) electrons. The molecule has 13 heavy (non-hydrogen) atoms. The first-order valence-corrected chi connectivity index (χ1v) is 5.21. The minimum atomic E-state index is 0.981. The molecule has 0 amide bonds. The molecule has 0 aromatic heterocycles. The number of hydrogen-bond acceptors (Lipinski definition) is 1. The molecule has 0 N–H and O–H groups in total. The van der Waals surface area contributed by atoms with Gasteiger partial charge in [0.15, 0.2) is 0 Å². The Hall–Kier alpha value is -0.470. The Morgan fingerprint density at radius 1 is 1.23 bits per heavy atom. The third kappa shape index (κ3) is 2.26. The van der Waals surface area contributed by atoms with Gasteiger partial charge in [-0.1, -0.05) is 6.07 Å². The van der Waals surface area contributed by atoms with Gasteiger partial charge in [-0.15, -0.1) is 12.6 Å². The van der Waals surface area contributed by atoms with Gasteiger partial charge in [0.2, 0.25) is 0 Å². The standard InChI is InChI=1S/C11H17NS/c1-4-12(3,5-2)10-7-6-8-11(13)9-10/h6-9H,4-5H2,1-3H3/p+1. The first-order valence-electron chi connectivity index (χ1n) is 4.76. The van der Waals surface area contributed by atoms with Gasteiger partial charge in [0.25, 0.3) is 0 Å². The maximum absolute atomic E-state index is 4.35. The topological polar surface area (TPSA) is 0 Å². The Bertz CT molecular complexity index is 279. The fourth-order valence-electron chi connectivity index (χ4n) is 1.42. The molecule has 1 nitrogen and oxygen atoms in total. The van der Waals surface area contributed by atoms with Crippen LogP contribution in [0.2, 0.25) is 0 Å². The molecule has 1 aromatic rings. The van der Waals surface area contributed by atoms with Crippen molar-refractivity contribution in [3.8, 4) is 0 Å². The molecule has 2 heteroatoms. The van der Waals surface area contributed by atoms with Gasteiger partial charge >= 0.3 is 0 Å². The average molecular weight is 196 g/mol. The molecule has 1 aromatic carbocycles. The molecule has 72 valence electrons. The number of thiol groups is 1. The highest BCUT2D eigenvalue weighted by molar-refractivity contribution is 7.80. The molecule has 0 saturated carbocycles. The molecular weight excluding hydrogens is 178 g/mol. The van der Waals surface area contributed by atoms with E-state index in [1.165, 1.54) is 5.69 Å². The van der Waals surface area contributed by atoms with Crippen LogP contribution in [0.4, 0.5) is 5.69 Å². The van der Waals surface area contributed by atoms with Crippen molar-refractivity contribution in [2.45, 2.75) is 18.7 Å². The second kappa shape index (κ2) is 4.16. The summed E-state index contributed by atoms with van der Waals surface area (Å²) in [7, 11) is 2.25. The Morgan fingerprint density at radius 2 is 1.85 bits per heavy atom. The Morgan fingerprint density at radius 3 is 2.31 bits per heavy atom. The maximum Gasteiger partial charge on any atom is 0.133 e. The molecule has 0 heterocycles. The number of nitrogens with zero attached hydrogens (tertiary/aromatic N) is 1. The van der Waals surface area contributed by atoms with E-state index in [9.17, 15) is 0 Å².